The highest BCUT2D eigenvalue weighted by Gasteiger charge is 2.13. The topological polar surface area (TPSA) is 73.6 Å². The SMILES string of the molecule is CCOCCOCc1cccc(NC(=O)C(C)CN)c1C. The number of nitrogens with two attached hydrogens (primary N) is 1. The fourth-order valence-corrected chi connectivity index (χ4v) is 1.78. The van der Waals surface area contributed by atoms with Crippen molar-refractivity contribution in [1.29, 1.82) is 0 Å². The lowest BCUT2D eigenvalue weighted by molar-refractivity contribution is -0.119. The number of hydrogen-bond acceptors (Lipinski definition) is 4. The Kier molecular flexibility index (Phi) is 7.97. The van der Waals surface area contributed by atoms with E-state index in [2.05, 4.69) is 5.32 Å². The molecule has 1 unspecified atom stereocenters. The number of amides is 1. The van der Waals surface area contributed by atoms with E-state index in [1.807, 2.05) is 39.0 Å². The highest BCUT2D eigenvalue weighted by molar-refractivity contribution is 5.93. The van der Waals surface area contributed by atoms with Gasteiger partial charge in [-0.15, -0.1) is 0 Å². The maximum atomic E-state index is 11.9. The van der Waals surface area contributed by atoms with Crippen LogP contribution in [0.1, 0.15) is 25.0 Å². The lowest BCUT2D eigenvalue weighted by Crippen LogP contribution is -2.27. The molecular weight excluding hydrogens is 268 g/mol. The average Bonchev–Trinajstić information content (AvgIpc) is 2.49. The summed E-state index contributed by atoms with van der Waals surface area (Å²) in [6, 6.07) is 5.80. The van der Waals surface area contributed by atoms with Crippen molar-refractivity contribution in [2.45, 2.75) is 27.4 Å². The summed E-state index contributed by atoms with van der Waals surface area (Å²) in [7, 11) is 0. The summed E-state index contributed by atoms with van der Waals surface area (Å²) < 4.78 is 10.8. The molecule has 0 spiro atoms. The van der Waals surface area contributed by atoms with E-state index in [4.69, 9.17) is 15.2 Å². The molecule has 1 aromatic rings. The lowest BCUT2D eigenvalue weighted by Gasteiger charge is -2.15. The Hall–Kier alpha value is -1.43. The van der Waals surface area contributed by atoms with E-state index >= 15 is 0 Å². The molecule has 0 heterocycles. The molecule has 0 saturated heterocycles. The van der Waals surface area contributed by atoms with Gasteiger partial charge in [-0.25, -0.2) is 0 Å². The van der Waals surface area contributed by atoms with Crippen LogP contribution in [0, 0.1) is 12.8 Å². The van der Waals surface area contributed by atoms with Crippen LogP contribution in [0.15, 0.2) is 18.2 Å². The number of benzene rings is 1. The third-order valence-electron chi connectivity index (χ3n) is 3.34. The van der Waals surface area contributed by atoms with Gasteiger partial charge in [0.25, 0.3) is 0 Å². The third-order valence-corrected chi connectivity index (χ3v) is 3.34. The van der Waals surface area contributed by atoms with E-state index in [1.54, 1.807) is 0 Å². The van der Waals surface area contributed by atoms with Gasteiger partial charge in [0.1, 0.15) is 0 Å². The molecule has 1 rings (SSSR count). The second-order valence-corrected chi connectivity index (χ2v) is 4.97. The summed E-state index contributed by atoms with van der Waals surface area (Å²) >= 11 is 0. The smallest absolute Gasteiger partial charge is 0.228 e. The number of carbonyl (C=O) groups excluding carboxylic acids is 1. The molecule has 0 bridgehead atoms. The standard InChI is InChI=1S/C16H26N2O3/c1-4-20-8-9-21-11-14-6-5-7-15(13(14)3)18-16(19)12(2)10-17/h5-7,12H,4,8-11,17H2,1-3H3,(H,18,19). The molecule has 0 aromatic heterocycles. The third kappa shape index (κ3) is 5.83. The van der Waals surface area contributed by atoms with Crippen molar-refractivity contribution in [3.8, 4) is 0 Å². The highest BCUT2D eigenvalue weighted by Crippen LogP contribution is 2.20. The summed E-state index contributed by atoms with van der Waals surface area (Å²) in [5.41, 5.74) is 8.40. The minimum Gasteiger partial charge on any atom is -0.379 e. The van der Waals surface area contributed by atoms with E-state index in [-0.39, 0.29) is 11.8 Å². The van der Waals surface area contributed by atoms with Crippen LogP contribution in [0.2, 0.25) is 0 Å². The van der Waals surface area contributed by atoms with Crippen LogP contribution >= 0.6 is 0 Å². The average molecular weight is 294 g/mol. The van der Waals surface area contributed by atoms with E-state index in [0.29, 0.717) is 33.0 Å². The molecule has 1 aromatic carbocycles. The van der Waals surface area contributed by atoms with Gasteiger partial charge in [-0.1, -0.05) is 19.1 Å². The van der Waals surface area contributed by atoms with Crippen LogP contribution in [-0.4, -0.2) is 32.3 Å². The monoisotopic (exact) mass is 294 g/mol. The predicted molar refractivity (Wildman–Crippen MR) is 84.2 cm³/mol. The Morgan fingerprint density at radius 2 is 2.05 bits per heavy atom. The Morgan fingerprint density at radius 1 is 1.33 bits per heavy atom. The van der Waals surface area contributed by atoms with E-state index in [0.717, 1.165) is 16.8 Å². The second kappa shape index (κ2) is 9.50. The van der Waals surface area contributed by atoms with Gasteiger partial charge in [-0.05, 0) is 31.0 Å². The largest absolute Gasteiger partial charge is 0.379 e. The van der Waals surface area contributed by atoms with Crippen LogP contribution < -0.4 is 11.1 Å². The van der Waals surface area contributed by atoms with Gasteiger partial charge in [0.15, 0.2) is 0 Å². The minimum absolute atomic E-state index is 0.0602. The van der Waals surface area contributed by atoms with E-state index < -0.39 is 0 Å². The Labute approximate surface area is 126 Å². The molecule has 0 aliphatic heterocycles. The van der Waals surface area contributed by atoms with Gasteiger partial charge < -0.3 is 20.5 Å². The predicted octanol–water partition coefficient (Wildman–Crippen LogP) is 2.08. The highest BCUT2D eigenvalue weighted by atomic mass is 16.5. The quantitative estimate of drug-likeness (QED) is 0.684. The molecule has 0 radical (unpaired) electrons. The van der Waals surface area contributed by atoms with Crippen molar-refractivity contribution in [3.05, 3.63) is 29.3 Å². The number of carbonyl (C=O) groups is 1. The van der Waals surface area contributed by atoms with Gasteiger partial charge in [0.2, 0.25) is 5.91 Å². The van der Waals surface area contributed by atoms with E-state index in [9.17, 15) is 4.79 Å². The molecule has 5 heteroatoms. The summed E-state index contributed by atoms with van der Waals surface area (Å²) in [5, 5.41) is 2.91. The lowest BCUT2D eigenvalue weighted by atomic mass is 10.1. The molecule has 3 N–H and O–H groups in total. The number of hydrogen-bond donors (Lipinski definition) is 2. The first kappa shape index (κ1) is 17.6. The zero-order chi connectivity index (χ0) is 15.7. The molecule has 1 atom stereocenters. The van der Waals surface area contributed by atoms with Crippen LogP contribution in [-0.2, 0) is 20.9 Å². The minimum atomic E-state index is -0.199. The fourth-order valence-electron chi connectivity index (χ4n) is 1.78. The maximum absolute atomic E-state index is 11.9. The van der Waals surface area contributed by atoms with Crippen molar-refractivity contribution in [2.75, 3.05) is 31.7 Å². The number of nitrogens with one attached hydrogen (secondary N) is 1. The molecule has 0 aliphatic carbocycles. The Morgan fingerprint density at radius 3 is 2.71 bits per heavy atom. The number of rotatable bonds is 9. The summed E-state index contributed by atoms with van der Waals surface area (Å²) in [5.74, 6) is -0.259. The van der Waals surface area contributed by atoms with Crippen LogP contribution in [0.4, 0.5) is 5.69 Å². The van der Waals surface area contributed by atoms with Gasteiger partial charge in [0, 0.05) is 24.8 Å². The van der Waals surface area contributed by atoms with Gasteiger partial charge in [-0.3, -0.25) is 4.79 Å². The van der Waals surface area contributed by atoms with Crippen molar-refractivity contribution in [3.63, 3.8) is 0 Å². The Bertz CT molecular complexity index is 449. The molecule has 118 valence electrons. The normalized spacial score (nSPS) is 12.2. The zero-order valence-corrected chi connectivity index (χ0v) is 13.1. The summed E-state index contributed by atoms with van der Waals surface area (Å²) in [6.45, 7) is 8.45. The van der Waals surface area contributed by atoms with Crippen LogP contribution in [0.5, 0.6) is 0 Å². The summed E-state index contributed by atoms with van der Waals surface area (Å²) in [4.78, 5) is 11.9. The molecule has 1 amide bonds. The number of ether oxygens (including phenoxy) is 2. The first-order valence-electron chi connectivity index (χ1n) is 7.35. The first-order chi connectivity index (χ1) is 10.1. The van der Waals surface area contributed by atoms with Gasteiger partial charge in [-0.2, -0.15) is 0 Å². The molecule has 0 fully saturated rings. The van der Waals surface area contributed by atoms with Crippen LogP contribution in [0.25, 0.3) is 0 Å². The summed E-state index contributed by atoms with van der Waals surface area (Å²) in [6.07, 6.45) is 0. The van der Waals surface area contributed by atoms with Crippen molar-refractivity contribution < 1.29 is 14.3 Å². The van der Waals surface area contributed by atoms with Gasteiger partial charge >= 0.3 is 0 Å². The zero-order valence-electron chi connectivity index (χ0n) is 13.1. The Balaban J connectivity index is 2.59. The van der Waals surface area contributed by atoms with Crippen molar-refractivity contribution in [2.24, 2.45) is 11.7 Å². The second-order valence-electron chi connectivity index (χ2n) is 4.97. The van der Waals surface area contributed by atoms with E-state index in [1.165, 1.54) is 0 Å². The number of anilines is 1. The first-order valence-corrected chi connectivity index (χ1v) is 7.35. The fraction of sp³-hybridized carbons (Fsp3) is 0.562. The molecular formula is C16H26N2O3. The molecule has 0 aliphatic rings. The van der Waals surface area contributed by atoms with Crippen LogP contribution in [0.3, 0.4) is 0 Å². The van der Waals surface area contributed by atoms with Gasteiger partial charge in [0.05, 0.1) is 19.8 Å². The maximum Gasteiger partial charge on any atom is 0.228 e. The molecule has 21 heavy (non-hydrogen) atoms. The molecule has 5 nitrogen and oxygen atoms in total. The van der Waals surface area contributed by atoms with Crippen molar-refractivity contribution in [1.82, 2.24) is 0 Å². The molecule has 0 saturated carbocycles. The van der Waals surface area contributed by atoms with Crippen molar-refractivity contribution >= 4 is 11.6 Å².